The summed E-state index contributed by atoms with van der Waals surface area (Å²) in [7, 11) is 3.66. The number of carbonyl (C=O) groups is 1. The van der Waals surface area contributed by atoms with Crippen LogP contribution >= 0.6 is 27.3 Å². The average molecular weight is 276 g/mol. The van der Waals surface area contributed by atoms with Crippen LogP contribution in [0.1, 0.15) is 9.67 Å². The van der Waals surface area contributed by atoms with E-state index in [1.165, 1.54) is 17.7 Å². The molecular weight excluding hydrogens is 266 g/mol. The van der Waals surface area contributed by atoms with Gasteiger partial charge in [-0.2, -0.15) is 5.10 Å². The first-order valence-electron chi connectivity index (χ1n) is 3.83. The minimum atomic E-state index is -0.196. The fourth-order valence-electron chi connectivity index (χ4n) is 0.690. The Morgan fingerprint density at radius 3 is 2.93 bits per heavy atom. The van der Waals surface area contributed by atoms with Crippen LogP contribution in [0, 0.1) is 0 Å². The lowest BCUT2D eigenvalue weighted by molar-refractivity contribution is 0.0958. The van der Waals surface area contributed by atoms with Crippen molar-refractivity contribution in [1.29, 1.82) is 0 Å². The Kier molecular flexibility index (Phi) is 4.09. The third-order valence-corrected chi connectivity index (χ3v) is 2.94. The SMILES string of the molecule is CN(C)C=NNC(=O)c1cc(Br)cs1. The van der Waals surface area contributed by atoms with E-state index in [0.717, 1.165) is 4.47 Å². The fraction of sp³-hybridized carbons (Fsp3) is 0.250. The maximum Gasteiger partial charge on any atom is 0.281 e. The molecular formula is C8H10BrN3OS. The van der Waals surface area contributed by atoms with Crippen molar-refractivity contribution >= 4 is 39.5 Å². The first-order valence-corrected chi connectivity index (χ1v) is 5.51. The van der Waals surface area contributed by atoms with Gasteiger partial charge in [0, 0.05) is 23.9 Å². The molecule has 0 aromatic carbocycles. The maximum absolute atomic E-state index is 11.4. The van der Waals surface area contributed by atoms with Crippen molar-refractivity contribution in [1.82, 2.24) is 10.3 Å². The van der Waals surface area contributed by atoms with E-state index in [0.29, 0.717) is 4.88 Å². The molecule has 0 saturated heterocycles. The van der Waals surface area contributed by atoms with Crippen molar-refractivity contribution in [3.8, 4) is 0 Å². The lowest BCUT2D eigenvalue weighted by Crippen LogP contribution is -2.19. The summed E-state index contributed by atoms with van der Waals surface area (Å²) in [6.45, 7) is 0. The van der Waals surface area contributed by atoms with Gasteiger partial charge in [0.1, 0.15) is 6.34 Å². The van der Waals surface area contributed by atoms with Crippen LogP contribution in [0.2, 0.25) is 0 Å². The molecule has 0 aliphatic carbocycles. The van der Waals surface area contributed by atoms with E-state index in [2.05, 4.69) is 26.5 Å². The van der Waals surface area contributed by atoms with Crippen LogP contribution in [0.4, 0.5) is 0 Å². The predicted molar refractivity (Wildman–Crippen MR) is 61.7 cm³/mol. The molecule has 6 heteroatoms. The molecule has 1 rings (SSSR count). The molecule has 0 aliphatic heterocycles. The number of hydrogen-bond donors (Lipinski definition) is 1. The van der Waals surface area contributed by atoms with E-state index in [9.17, 15) is 4.79 Å². The van der Waals surface area contributed by atoms with Crippen LogP contribution in [-0.2, 0) is 0 Å². The molecule has 0 aliphatic rings. The third kappa shape index (κ3) is 3.47. The third-order valence-electron chi connectivity index (χ3n) is 1.25. The minimum Gasteiger partial charge on any atom is -0.367 e. The molecule has 4 nitrogen and oxygen atoms in total. The lowest BCUT2D eigenvalue weighted by atomic mass is 10.4. The highest BCUT2D eigenvalue weighted by molar-refractivity contribution is 9.10. The van der Waals surface area contributed by atoms with Gasteiger partial charge in [-0.1, -0.05) is 0 Å². The Morgan fingerprint density at radius 1 is 1.71 bits per heavy atom. The van der Waals surface area contributed by atoms with Crippen molar-refractivity contribution in [3.05, 3.63) is 20.8 Å². The van der Waals surface area contributed by atoms with Crippen molar-refractivity contribution in [3.63, 3.8) is 0 Å². The van der Waals surface area contributed by atoms with Crippen LogP contribution in [0.3, 0.4) is 0 Å². The molecule has 0 atom stereocenters. The number of halogens is 1. The molecule has 76 valence electrons. The molecule has 0 unspecified atom stereocenters. The monoisotopic (exact) mass is 275 g/mol. The van der Waals surface area contributed by atoms with E-state index in [1.54, 1.807) is 11.0 Å². The Morgan fingerprint density at radius 2 is 2.43 bits per heavy atom. The van der Waals surface area contributed by atoms with E-state index in [-0.39, 0.29) is 5.91 Å². The Hall–Kier alpha value is -0.880. The highest BCUT2D eigenvalue weighted by Gasteiger charge is 2.06. The van der Waals surface area contributed by atoms with Crippen LogP contribution in [0.15, 0.2) is 21.0 Å². The van der Waals surface area contributed by atoms with E-state index < -0.39 is 0 Å². The second kappa shape index (κ2) is 5.11. The fourth-order valence-corrected chi connectivity index (χ4v) is 2.01. The van der Waals surface area contributed by atoms with Crippen LogP contribution in [-0.4, -0.2) is 31.2 Å². The van der Waals surface area contributed by atoms with Gasteiger partial charge in [0.25, 0.3) is 5.91 Å². The molecule has 1 aromatic rings. The van der Waals surface area contributed by atoms with Crippen LogP contribution < -0.4 is 5.43 Å². The largest absolute Gasteiger partial charge is 0.367 e. The number of amides is 1. The van der Waals surface area contributed by atoms with Gasteiger partial charge in [0.2, 0.25) is 0 Å². The second-order valence-corrected chi connectivity index (χ2v) is 4.61. The van der Waals surface area contributed by atoms with Crippen molar-refractivity contribution in [2.45, 2.75) is 0 Å². The molecule has 0 bridgehead atoms. The summed E-state index contributed by atoms with van der Waals surface area (Å²) in [5.74, 6) is -0.196. The number of carbonyl (C=O) groups excluding carboxylic acids is 1. The quantitative estimate of drug-likeness (QED) is 0.519. The molecule has 0 saturated carbocycles. The highest BCUT2D eigenvalue weighted by atomic mass is 79.9. The zero-order valence-electron chi connectivity index (χ0n) is 7.82. The molecule has 1 aromatic heterocycles. The molecule has 1 heterocycles. The summed E-state index contributed by atoms with van der Waals surface area (Å²) in [5.41, 5.74) is 2.42. The van der Waals surface area contributed by atoms with Gasteiger partial charge in [-0.3, -0.25) is 4.79 Å². The van der Waals surface area contributed by atoms with E-state index in [1.807, 2.05) is 19.5 Å². The number of hydrazone groups is 1. The van der Waals surface area contributed by atoms with Gasteiger partial charge in [-0.25, -0.2) is 5.43 Å². The lowest BCUT2D eigenvalue weighted by Gasteiger charge is -2.01. The van der Waals surface area contributed by atoms with Crippen molar-refractivity contribution < 1.29 is 4.79 Å². The zero-order valence-corrected chi connectivity index (χ0v) is 10.2. The van der Waals surface area contributed by atoms with Gasteiger partial charge in [0.15, 0.2) is 0 Å². The summed E-state index contributed by atoms with van der Waals surface area (Å²) in [6.07, 6.45) is 1.53. The second-order valence-electron chi connectivity index (χ2n) is 2.78. The molecule has 0 spiro atoms. The van der Waals surface area contributed by atoms with Gasteiger partial charge >= 0.3 is 0 Å². The molecule has 1 amide bonds. The van der Waals surface area contributed by atoms with Gasteiger partial charge in [-0.05, 0) is 22.0 Å². The summed E-state index contributed by atoms with van der Waals surface area (Å²) in [6, 6.07) is 1.76. The van der Waals surface area contributed by atoms with E-state index in [4.69, 9.17) is 0 Å². The highest BCUT2D eigenvalue weighted by Crippen LogP contribution is 2.19. The maximum atomic E-state index is 11.4. The first kappa shape index (κ1) is 11.2. The number of nitrogens with zero attached hydrogens (tertiary/aromatic N) is 2. The molecule has 1 N–H and O–H groups in total. The van der Waals surface area contributed by atoms with Crippen LogP contribution in [0.5, 0.6) is 0 Å². The minimum absolute atomic E-state index is 0.196. The normalized spacial score (nSPS) is 10.5. The standard InChI is InChI=1S/C8H10BrN3OS/c1-12(2)5-10-11-8(13)7-3-6(9)4-14-7/h3-5H,1-2H3,(H,11,13). The van der Waals surface area contributed by atoms with Crippen molar-refractivity contribution in [2.24, 2.45) is 5.10 Å². The van der Waals surface area contributed by atoms with Gasteiger partial charge in [-0.15, -0.1) is 11.3 Å². The number of thiophene rings is 1. The van der Waals surface area contributed by atoms with Gasteiger partial charge < -0.3 is 4.90 Å². The summed E-state index contributed by atoms with van der Waals surface area (Å²) in [4.78, 5) is 13.8. The molecule has 14 heavy (non-hydrogen) atoms. The van der Waals surface area contributed by atoms with Gasteiger partial charge in [0.05, 0.1) is 4.88 Å². The Balaban J connectivity index is 2.51. The average Bonchev–Trinajstić information content (AvgIpc) is 2.51. The summed E-state index contributed by atoms with van der Waals surface area (Å²) >= 11 is 4.65. The van der Waals surface area contributed by atoms with E-state index >= 15 is 0 Å². The summed E-state index contributed by atoms with van der Waals surface area (Å²) < 4.78 is 0.907. The smallest absolute Gasteiger partial charge is 0.281 e. The first-order chi connectivity index (χ1) is 6.59. The molecule has 0 fully saturated rings. The Bertz CT molecular complexity index is 348. The topological polar surface area (TPSA) is 44.7 Å². The number of rotatable bonds is 3. The van der Waals surface area contributed by atoms with Crippen LogP contribution in [0.25, 0.3) is 0 Å². The molecule has 0 radical (unpaired) electrons. The predicted octanol–water partition coefficient (Wildman–Crippen LogP) is 1.75. The van der Waals surface area contributed by atoms with Crippen molar-refractivity contribution in [2.75, 3.05) is 14.1 Å². The summed E-state index contributed by atoms with van der Waals surface area (Å²) in [5, 5.41) is 5.60. The Labute approximate surface area is 94.7 Å². The zero-order chi connectivity index (χ0) is 10.6. The number of nitrogens with one attached hydrogen (secondary N) is 1. The number of hydrogen-bond acceptors (Lipinski definition) is 3.